The van der Waals surface area contributed by atoms with E-state index in [1.807, 2.05) is 0 Å². The van der Waals surface area contributed by atoms with Crippen molar-refractivity contribution in [1.82, 2.24) is 0 Å². The smallest absolute Gasteiger partial charge is 0.333 e. The third kappa shape index (κ3) is 8.45. The molecule has 3 nitrogen and oxygen atoms in total. The van der Waals surface area contributed by atoms with Gasteiger partial charge in [0, 0.05) is 5.57 Å². The van der Waals surface area contributed by atoms with E-state index in [1.54, 1.807) is 6.92 Å². The Hall–Kier alpha value is -0.540. The Morgan fingerprint density at radius 2 is 2.00 bits per heavy atom. The number of carbonyl (C=O) groups is 1. The molecule has 0 spiro atoms. The summed E-state index contributed by atoms with van der Waals surface area (Å²) in [4.78, 5) is 12.6. The van der Waals surface area contributed by atoms with Gasteiger partial charge >= 0.3 is 5.97 Å². The lowest BCUT2D eigenvalue weighted by molar-refractivity contribution is -0.861. The predicted molar refractivity (Wildman–Crippen MR) is 57.3 cm³/mol. The molecule has 0 bridgehead atoms. The molecule has 0 rings (SSSR count). The van der Waals surface area contributed by atoms with Crippen molar-refractivity contribution in [2.45, 2.75) is 32.8 Å². The van der Waals surface area contributed by atoms with Crippen molar-refractivity contribution >= 4 is 5.97 Å². The second kappa shape index (κ2) is 8.74. The van der Waals surface area contributed by atoms with Gasteiger partial charge in [-0.1, -0.05) is 19.9 Å². The Balaban J connectivity index is 0. The van der Waals surface area contributed by atoms with Crippen LogP contribution in [0.5, 0.6) is 0 Å². The first-order valence-electron chi connectivity index (χ1n) is 5.12. The van der Waals surface area contributed by atoms with Crippen LogP contribution in [0.1, 0.15) is 26.7 Å². The minimum atomic E-state index is -0.273. The number of hydrogen-bond donors (Lipinski definition) is 1. The van der Waals surface area contributed by atoms with Gasteiger partial charge in [0.15, 0.2) is 6.10 Å². The molecule has 0 aromatic heterocycles. The molecule has 0 aromatic rings. The van der Waals surface area contributed by atoms with Crippen molar-refractivity contribution in [3.63, 3.8) is 0 Å². The molecule has 1 unspecified atom stereocenters. The van der Waals surface area contributed by atoms with Gasteiger partial charge in [0.05, 0.1) is 14.1 Å². The van der Waals surface area contributed by atoms with Gasteiger partial charge in [-0.25, -0.2) is 4.79 Å². The number of hydrogen-bond acceptors (Lipinski definition) is 2. The molecule has 0 aliphatic carbocycles. The highest BCUT2D eigenvalue weighted by Gasteiger charge is 2.16. The first-order chi connectivity index (χ1) is 6.47. The van der Waals surface area contributed by atoms with E-state index in [0.29, 0.717) is 5.57 Å². The molecule has 15 heavy (non-hydrogen) atoms. The van der Waals surface area contributed by atoms with E-state index in [-0.39, 0.29) is 24.5 Å². The summed E-state index contributed by atoms with van der Waals surface area (Å²) < 4.78 is 5.30. The van der Waals surface area contributed by atoms with Crippen molar-refractivity contribution in [2.75, 3.05) is 20.6 Å². The topological polar surface area (TPSA) is 30.7 Å². The van der Waals surface area contributed by atoms with E-state index in [1.165, 1.54) is 4.90 Å². The summed E-state index contributed by atoms with van der Waals surface area (Å²) in [7, 11) is 4.11. The SMILES string of the molecule is C=C(C)C(=O)OC(CCC)C[NH+](C)C.[Cl-]. The number of halogens is 1. The van der Waals surface area contributed by atoms with Crippen molar-refractivity contribution in [1.29, 1.82) is 0 Å². The van der Waals surface area contributed by atoms with Crippen molar-refractivity contribution < 1.29 is 26.8 Å². The maximum absolute atomic E-state index is 11.3. The summed E-state index contributed by atoms with van der Waals surface area (Å²) in [6.07, 6.45) is 1.97. The number of ether oxygens (including phenoxy) is 1. The number of carbonyl (C=O) groups excluding carboxylic acids is 1. The molecule has 1 N–H and O–H groups in total. The van der Waals surface area contributed by atoms with E-state index in [0.717, 1.165) is 19.4 Å². The standard InChI is InChI=1S/C11H21NO2.ClH/c1-6-7-10(8-12(4)5)14-11(13)9(2)3;/h10H,2,6-8H2,1,3-5H3;1H. The van der Waals surface area contributed by atoms with Gasteiger partial charge in [-0.15, -0.1) is 0 Å². The number of esters is 1. The van der Waals surface area contributed by atoms with Gasteiger partial charge in [0.2, 0.25) is 0 Å². The Kier molecular flexibility index (Phi) is 9.84. The second-order valence-electron chi connectivity index (χ2n) is 4.01. The molecule has 0 saturated heterocycles. The molecule has 0 aromatic carbocycles. The molecule has 0 aliphatic heterocycles. The van der Waals surface area contributed by atoms with Crippen LogP contribution in [0, 0.1) is 0 Å². The fraction of sp³-hybridized carbons (Fsp3) is 0.727. The van der Waals surface area contributed by atoms with Crippen molar-refractivity contribution in [3.05, 3.63) is 12.2 Å². The summed E-state index contributed by atoms with van der Waals surface area (Å²) >= 11 is 0. The second-order valence-corrected chi connectivity index (χ2v) is 4.01. The highest BCUT2D eigenvalue weighted by atomic mass is 35.5. The predicted octanol–water partition coefficient (Wildman–Crippen LogP) is -2.58. The molecule has 0 radical (unpaired) electrons. The average Bonchev–Trinajstić information content (AvgIpc) is 2.02. The summed E-state index contributed by atoms with van der Waals surface area (Å²) in [6, 6.07) is 0. The highest BCUT2D eigenvalue weighted by molar-refractivity contribution is 5.87. The normalized spacial score (nSPS) is 11.8. The van der Waals surface area contributed by atoms with Crippen molar-refractivity contribution in [3.8, 4) is 0 Å². The van der Waals surface area contributed by atoms with Gasteiger partial charge < -0.3 is 22.0 Å². The molecule has 0 amide bonds. The molecule has 90 valence electrons. The minimum Gasteiger partial charge on any atom is -1.00 e. The highest BCUT2D eigenvalue weighted by Crippen LogP contribution is 2.03. The summed E-state index contributed by atoms with van der Waals surface area (Å²) in [5.74, 6) is -0.273. The summed E-state index contributed by atoms with van der Waals surface area (Å²) in [6.45, 7) is 8.18. The fourth-order valence-corrected chi connectivity index (χ4v) is 1.23. The van der Waals surface area contributed by atoms with Crippen LogP contribution in [0.15, 0.2) is 12.2 Å². The zero-order chi connectivity index (χ0) is 11.1. The Morgan fingerprint density at radius 3 is 2.33 bits per heavy atom. The number of rotatable bonds is 6. The number of quaternary nitrogens is 1. The van der Waals surface area contributed by atoms with Crippen LogP contribution in [0.3, 0.4) is 0 Å². The van der Waals surface area contributed by atoms with Gasteiger partial charge in [-0.05, 0) is 13.3 Å². The minimum absolute atomic E-state index is 0. The van der Waals surface area contributed by atoms with Crippen molar-refractivity contribution in [2.24, 2.45) is 0 Å². The first kappa shape index (κ1) is 16.9. The molecular weight excluding hydrogens is 214 g/mol. The van der Waals surface area contributed by atoms with E-state index < -0.39 is 0 Å². The number of likely N-dealkylation sites (N-methyl/N-ethyl adjacent to an activating group) is 1. The molecule has 0 saturated carbocycles. The van der Waals surface area contributed by atoms with Crippen LogP contribution in [0.25, 0.3) is 0 Å². The molecule has 1 atom stereocenters. The van der Waals surface area contributed by atoms with Crippen LogP contribution in [-0.4, -0.2) is 32.7 Å². The first-order valence-corrected chi connectivity index (χ1v) is 5.12. The lowest BCUT2D eigenvalue weighted by Gasteiger charge is -2.18. The average molecular weight is 236 g/mol. The molecule has 0 fully saturated rings. The largest absolute Gasteiger partial charge is 1.00 e. The van der Waals surface area contributed by atoms with E-state index in [2.05, 4.69) is 27.6 Å². The Morgan fingerprint density at radius 1 is 1.47 bits per heavy atom. The number of nitrogens with one attached hydrogen (secondary N) is 1. The fourth-order valence-electron chi connectivity index (χ4n) is 1.23. The third-order valence-electron chi connectivity index (χ3n) is 1.87. The summed E-state index contributed by atoms with van der Waals surface area (Å²) in [5, 5.41) is 0. The Labute approximate surface area is 98.9 Å². The maximum atomic E-state index is 11.3. The quantitative estimate of drug-likeness (QED) is 0.405. The van der Waals surface area contributed by atoms with Gasteiger partial charge in [0.25, 0.3) is 0 Å². The molecular formula is C11H22ClNO2. The van der Waals surface area contributed by atoms with E-state index in [4.69, 9.17) is 4.74 Å². The molecule has 0 aliphatic rings. The lowest BCUT2D eigenvalue weighted by Crippen LogP contribution is -3.07. The Bertz CT molecular complexity index is 205. The maximum Gasteiger partial charge on any atom is 0.333 e. The summed E-state index contributed by atoms with van der Waals surface area (Å²) in [5.41, 5.74) is 0.472. The molecule has 4 heteroatoms. The van der Waals surface area contributed by atoms with Gasteiger partial charge in [-0.3, -0.25) is 0 Å². The van der Waals surface area contributed by atoms with Crippen LogP contribution in [0.2, 0.25) is 0 Å². The monoisotopic (exact) mass is 235 g/mol. The van der Waals surface area contributed by atoms with Crippen LogP contribution >= 0.6 is 0 Å². The van der Waals surface area contributed by atoms with E-state index in [9.17, 15) is 4.79 Å². The molecule has 0 heterocycles. The van der Waals surface area contributed by atoms with Crippen LogP contribution in [-0.2, 0) is 9.53 Å². The zero-order valence-corrected chi connectivity index (χ0v) is 10.9. The van der Waals surface area contributed by atoms with Crippen LogP contribution < -0.4 is 17.3 Å². The third-order valence-corrected chi connectivity index (χ3v) is 1.87. The van der Waals surface area contributed by atoms with Gasteiger partial charge in [-0.2, -0.15) is 0 Å². The lowest BCUT2D eigenvalue weighted by atomic mass is 10.2. The van der Waals surface area contributed by atoms with Gasteiger partial charge in [0.1, 0.15) is 6.54 Å². The van der Waals surface area contributed by atoms with Crippen LogP contribution in [0.4, 0.5) is 0 Å². The van der Waals surface area contributed by atoms with E-state index >= 15 is 0 Å². The zero-order valence-electron chi connectivity index (χ0n) is 10.1.